The van der Waals surface area contributed by atoms with Crippen LogP contribution in [0.15, 0.2) is 11.6 Å². The summed E-state index contributed by atoms with van der Waals surface area (Å²) >= 11 is 0. The molecule has 26 heavy (non-hydrogen) atoms. The number of ketones is 1. The third-order valence-corrected chi connectivity index (χ3v) is 7.61. The number of carbonyl (C=O) groups is 1. The lowest BCUT2D eigenvalue weighted by molar-refractivity contribution is -0.129. The Hall–Kier alpha value is -0.710. The molecule has 0 saturated heterocycles. The van der Waals surface area contributed by atoms with Crippen LogP contribution in [0.1, 0.15) is 72.1 Å². The number of aliphatic hydroxyl groups excluding tert-OH is 1. The number of carbonyl (C=O) groups excluding carboxylic acids is 1. The minimum atomic E-state index is -0.686. The van der Waals surface area contributed by atoms with E-state index in [9.17, 15) is 9.90 Å². The molecule has 0 aromatic heterocycles. The highest BCUT2D eigenvalue weighted by molar-refractivity contribution is 5.87. The molecule has 0 aliphatic heterocycles. The van der Waals surface area contributed by atoms with E-state index in [0.29, 0.717) is 24.2 Å². The first-order chi connectivity index (χ1) is 12.5. The highest BCUT2D eigenvalue weighted by Gasteiger charge is 2.58. The van der Waals surface area contributed by atoms with Crippen LogP contribution in [0.25, 0.3) is 0 Å². The van der Waals surface area contributed by atoms with Gasteiger partial charge in [0.25, 0.3) is 0 Å². The van der Waals surface area contributed by atoms with E-state index in [-0.39, 0.29) is 24.0 Å². The Morgan fingerprint density at radius 2 is 2.00 bits per heavy atom. The van der Waals surface area contributed by atoms with Gasteiger partial charge in [-0.3, -0.25) is 4.79 Å². The molecule has 0 amide bonds. The van der Waals surface area contributed by atoms with Crippen LogP contribution in [0.3, 0.4) is 0 Å². The predicted octanol–water partition coefficient (Wildman–Crippen LogP) is 3.65. The van der Waals surface area contributed by atoms with Crippen LogP contribution in [-0.2, 0) is 9.53 Å². The standard InChI is InChI=1S/C20H30O4.C2H6/c1-19-8-7-17-15(16(19)4-5-18(19)22)3-2-13-12-14(24-11-10-21)6-9-20(13,17)23;1-2/h7,13-16,21,23H,2-6,8-12H2,1H3;1-2H3/t13?,14?,15?,16?,19?,20-;/m0./s1. The molecule has 4 aliphatic carbocycles. The van der Waals surface area contributed by atoms with Gasteiger partial charge in [0.15, 0.2) is 0 Å². The molecule has 5 unspecified atom stereocenters. The van der Waals surface area contributed by atoms with E-state index in [4.69, 9.17) is 9.84 Å². The molecule has 0 aromatic carbocycles. The number of Topliss-reactive ketones (excluding diaryl/α,β-unsaturated/α-hetero) is 1. The third-order valence-electron chi connectivity index (χ3n) is 7.61. The molecule has 0 heterocycles. The number of ether oxygens (including phenoxy) is 1. The van der Waals surface area contributed by atoms with E-state index >= 15 is 0 Å². The van der Waals surface area contributed by atoms with Gasteiger partial charge in [-0.2, -0.15) is 0 Å². The minimum Gasteiger partial charge on any atom is -0.394 e. The highest BCUT2D eigenvalue weighted by Crippen LogP contribution is 2.60. The molecule has 2 N–H and O–H groups in total. The Bertz CT molecular complexity index is 556. The smallest absolute Gasteiger partial charge is 0.139 e. The number of aliphatic hydroxyl groups is 2. The summed E-state index contributed by atoms with van der Waals surface area (Å²) in [4.78, 5) is 12.4. The monoisotopic (exact) mass is 364 g/mol. The zero-order chi connectivity index (χ0) is 18.9. The van der Waals surface area contributed by atoms with Crippen LogP contribution in [0.4, 0.5) is 0 Å². The maximum atomic E-state index is 12.4. The maximum absolute atomic E-state index is 12.4. The van der Waals surface area contributed by atoms with Crippen LogP contribution in [0.2, 0.25) is 0 Å². The van der Waals surface area contributed by atoms with E-state index in [2.05, 4.69) is 13.0 Å². The Labute approximate surface area is 158 Å². The molecule has 4 aliphatic rings. The van der Waals surface area contributed by atoms with Crippen molar-refractivity contribution in [3.05, 3.63) is 11.6 Å². The van der Waals surface area contributed by atoms with Crippen molar-refractivity contribution < 1.29 is 19.7 Å². The van der Waals surface area contributed by atoms with Crippen molar-refractivity contribution in [3.63, 3.8) is 0 Å². The second kappa shape index (κ2) is 7.73. The Morgan fingerprint density at radius 1 is 1.23 bits per heavy atom. The lowest BCUT2D eigenvalue weighted by atomic mass is 9.53. The van der Waals surface area contributed by atoms with Gasteiger partial charge >= 0.3 is 0 Å². The van der Waals surface area contributed by atoms with Crippen LogP contribution in [0.5, 0.6) is 0 Å². The van der Waals surface area contributed by atoms with Crippen molar-refractivity contribution in [2.24, 2.45) is 23.2 Å². The lowest BCUT2D eigenvalue weighted by Crippen LogP contribution is -2.54. The predicted molar refractivity (Wildman–Crippen MR) is 102 cm³/mol. The molecule has 4 nitrogen and oxygen atoms in total. The molecule has 0 spiro atoms. The van der Waals surface area contributed by atoms with Gasteiger partial charge in [-0.25, -0.2) is 0 Å². The van der Waals surface area contributed by atoms with E-state index < -0.39 is 5.60 Å². The molecular weight excluding hydrogens is 328 g/mol. The molecule has 4 heteroatoms. The van der Waals surface area contributed by atoms with Crippen molar-refractivity contribution in [1.82, 2.24) is 0 Å². The molecule has 3 saturated carbocycles. The number of rotatable bonds is 3. The first kappa shape index (κ1) is 20.0. The SMILES string of the molecule is CC.CC12CC=C3C(CCC4CC(OCCO)CC[C@@]34O)C1CCC2=O. The van der Waals surface area contributed by atoms with Gasteiger partial charge in [-0.15, -0.1) is 0 Å². The topological polar surface area (TPSA) is 66.8 Å². The molecule has 4 rings (SSSR count). The number of hydrogen-bond acceptors (Lipinski definition) is 4. The summed E-state index contributed by atoms with van der Waals surface area (Å²) in [7, 11) is 0. The summed E-state index contributed by atoms with van der Waals surface area (Å²) in [6, 6.07) is 0. The Morgan fingerprint density at radius 3 is 2.73 bits per heavy atom. The molecule has 148 valence electrons. The molecular formula is C22H36O4. The van der Waals surface area contributed by atoms with Gasteiger partial charge < -0.3 is 14.9 Å². The van der Waals surface area contributed by atoms with Crippen LogP contribution in [-0.4, -0.2) is 40.9 Å². The second-order valence-corrected chi connectivity index (χ2v) is 8.65. The van der Waals surface area contributed by atoms with Crippen LogP contribution in [0, 0.1) is 23.2 Å². The normalized spacial score (nSPS) is 44.2. The van der Waals surface area contributed by atoms with Gasteiger partial charge in [0.1, 0.15) is 5.78 Å². The van der Waals surface area contributed by atoms with Crippen molar-refractivity contribution in [3.8, 4) is 0 Å². The van der Waals surface area contributed by atoms with Gasteiger partial charge in [-0.05, 0) is 68.3 Å². The van der Waals surface area contributed by atoms with E-state index in [1.54, 1.807) is 0 Å². The van der Waals surface area contributed by atoms with Crippen molar-refractivity contribution in [2.75, 3.05) is 13.2 Å². The number of allylic oxidation sites excluding steroid dienone is 1. The molecule has 3 fully saturated rings. The van der Waals surface area contributed by atoms with Crippen LogP contribution >= 0.6 is 0 Å². The van der Waals surface area contributed by atoms with Gasteiger partial charge in [0, 0.05) is 11.8 Å². The zero-order valence-electron chi connectivity index (χ0n) is 16.7. The zero-order valence-corrected chi connectivity index (χ0v) is 16.7. The Kier molecular flexibility index (Phi) is 5.96. The van der Waals surface area contributed by atoms with Crippen LogP contribution < -0.4 is 0 Å². The number of fused-ring (bicyclic) bond motifs is 5. The fraction of sp³-hybridized carbons (Fsp3) is 0.864. The van der Waals surface area contributed by atoms with Gasteiger partial charge in [-0.1, -0.05) is 26.8 Å². The number of hydrogen-bond donors (Lipinski definition) is 2. The summed E-state index contributed by atoms with van der Waals surface area (Å²) in [5, 5.41) is 20.5. The first-order valence-corrected chi connectivity index (χ1v) is 10.7. The molecule has 0 radical (unpaired) electrons. The highest BCUT2D eigenvalue weighted by atomic mass is 16.5. The molecule has 0 aromatic rings. The van der Waals surface area contributed by atoms with Crippen molar-refractivity contribution >= 4 is 5.78 Å². The summed E-state index contributed by atoms with van der Waals surface area (Å²) in [5.74, 6) is 1.52. The van der Waals surface area contributed by atoms with Gasteiger partial charge in [0.05, 0.1) is 24.9 Å². The first-order valence-electron chi connectivity index (χ1n) is 10.7. The van der Waals surface area contributed by atoms with Crippen molar-refractivity contribution in [2.45, 2.75) is 83.8 Å². The Balaban J connectivity index is 0.000000948. The summed E-state index contributed by atoms with van der Waals surface area (Å²) in [6.45, 7) is 6.60. The summed E-state index contributed by atoms with van der Waals surface area (Å²) in [6.07, 6.45) is 9.55. The average molecular weight is 365 g/mol. The van der Waals surface area contributed by atoms with Gasteiger partial charge in [0.2, 0.25) is 0 Å². The summed E-state index contributed by atoms with van der Waals surface area (Å²) in [5.41, 5.74) is 0.379. The fourth-order valence-electron chi connectivity index (χ4n) is 6.26. The third kappa shape index (κ3) is 3.08. The second-order valence-electron chi connectivity index (χ2n) is 8.65. The van der Waals surface area contributed by atoms with E-state index in [0.717, 1.165) is 51.4 Å². The maximum Gasteiger partial charge on any atom is 0.139 e. The van der Waals surface area contributed by atoms with E-state index in [1.807, 2.05) is 13.8 Å². The lowest BCUT2D eigenvalue weighted by Gasteiger charge is -2.54. The molecule has 6 atom stereocenters. The quantitative estimate of drug-likeness (QED) is 0.750. The minimum absolute atomic E-state index is 0.0625. The fourth-order valence-corrected chi connectivity index (χ4v) is 6.26. The molecule has 0 bridgehead atoms. The average Bonchev–Trinajstić information content (AvgIpc) is 2.96. The summed E-state index contributed by atoms with van der Waals surface area (Å²) < 4.78 is 5.74. The van der Waals surface area contributed by atoms with E-state index in [1.165, 1.54) is 5.57 Å². The van der Waals surface area contributed by atoms with Crippen molar-refractivity contribution in [1.29, 1.82) is 0 Å². The largest absolute Gasteiger partial charge is 0.394 e.